The van der Waals surface area contributed by atoms with Crippen molar-refractivity contribution in [1.29, 1.82) is 0 Å². The fourth-order valence-corrected chi connectivity index (χ4v) is 3.50. The summed E-state index contributed by atoms with van der Waals surface area (Å²) in [4.78, 5) is 25.0. The molecule has 1 fully saturated rings. The van der Waals surface area contributed by atoms with Gasteiger partial charge in [0.25, 0.3) is 5.91 Å². The molecule has 0 radical (unpaired) electrons. The number of rotatable bonds is 6. The molecule has 180 valence electrons. The second-order valence-corrected chi connectivity index (χ2v) is 7.61. The zero-order chi connectivity index (χ0) is 24.5. The Kier molecular flexibility index (Phi) is 8.49. The van der Waals surface area contributed by atoms with Crippen LogP contribution in [0, 0.1) is 11.6 Å². The zero-order valence-electron chi connectivity index (χ0n) is 18.0. The van der Waals surface area contributed by atoms with Crippen LogP contribution in [0.3, 0.4) is 0 Å². The second-order valence-electron chi connectivity index (χ2n) is 7.61. The van der Waals surface area contributed by atoms with Crippen LogP contribution in [0.1, 0.15) is 53.8 Å². The van der Waals surface area contributed by atoms with Crippen molar-refractivity contribution in [3.05, 3.63) is 71.1 Å². The van der Waals surface area contributed by atoms with E-state index in [1.165, 1.54) is 31.4 Å². The third-order valence-corrected chi connectivity index (χ3v) is 4.94. The first-order chi connectivity index (χ1) is 16.3. The van der Waals surface area contributed by atoms with E-state index >= 15 is 0 Å². The topological polar surface area (TPSA) is 135 Å². The fourth-order valence-electron chi connectivity index (χ4n) is 3.50. The minimum Gasteiger partial charge on any atom is -0.490 e. The van der Waals surface area contributed by atoms with Gasteiger partial charge in [-0.3, -0.25) is 10.1 Å². The maximum absolute atomic E-state index is 13.3. The standard InChI is InChI=1S/C22H21F2N3O3.CH2O3/c23-16-10-14(11-17(24)13-16)12-20-25-22(30-27-20)26-21(28)15-6-8-19(9-7-15)29-18-4-2-1-3-5-18;2-1(3)4/h6-11,13,18H,1-5,12H2,(H,25,26,27,28);(H2,2,3,4). The summed E-state index contributed by atoms with van der Waals surface area (Å²) in [6.45, 7) is 0. The molecule has 1 amide bonds. The van der Waals surface area contributed by atoms with E-state index in [1.807, 2.05) is 0 Å². The highest BCUT2D eigenvalue weighted by Gasteiger charge is 2.16. The van der Waals surface area contributed by atoms with Crippen molar-refractivity contribution >= 4 is 18.1 Å². The average molecular weight is 475 g/mol. The molecule has 2 aromatic carbocycles. The van der Waals surface area contributed by atoms with Gasteiger partial charge in [-0.05, 0) is 67.6 Å². The molecular weight excluding hydrogens is 452 g/mol. The summed E-state index contributed by atoms with van der Waals surface area (Å²) in [5.74, 6) is -0.838. The van der Waals surface area contributed by atoms with Gasteiger partial charge in [-0.2, -0.15) is 4.98 Å². The number of carboxylic acid groups (broad SMARTS) is 2. The number of hydrogen-bond donors (Lipinski definition) is 3. The molecule has 1 aliphatic carbocycles. The van der Waals surface area contributed by atoms with Gasteiger partial charge in [-0.1, -0.05) is 11.6 Å². The minimum atomic E-state index is -1.83. The number of carbonyl (C=O) groups is 2. The van der Waals surface area contributed by atoms with Crippen molar-refractivity contribution in [1.82, 2.24) is 10.1 Å². The van der Waals surface area contributed by atoms with Gasteiger partial charge in [-0.15, -0.1) is 0 Å². The number of carbonyl (C=O) groups excluding carboxylic acids is 1. The number of amides is 1. The Labute approximate surface area is 193 Å². The van der Waals surface area contributed by atoms with Crippen molar-refractivity contribution in [2.45, 2.75) is 44.6 Å². The second kappa shape index (κ2) is 11.7. The molecule has 0 atom stereocenters. The average Bonchev–Trinajstić information content (AvgIpc) is 3.20. The van der Waals surface area contributed by atoms with Crippen LogP contribution < -0.4 is 10.1 Å². The van der Waals surface area contributed by atoms with Crippen LogP contribution in [0.25, 0.3) is 0 Å². The normalized spacial score (nSPS) is 13.5. The first-order valence-corrected chi connectivity index (χ1v) is 10.6. The van der Waals surface area contributed by atoms with E-state index in [0.717, 1.165) is 24.7 Å². The van der Waals surface area contributed by atoms with E-state index in [0.29, 0.717) is 11.1 Å². The first-order valence-electron chi connectivity index (χ1n) is 10.6. The maximum atomic E-state index is 13.3. The van der Waals surface area contributed by atoms with Crippen molar-refractivity contribution < 1.29 is 37.8 Å². The van der Waals surface area contributed by atoms with Crippen LogP contribution in [-0.4, -0.2) is 38.5 Å². The summed E-state index contributed by atoms with van der Waals surface area (Å²) in [5.41, 5.74) is 0.776. The largest absolute Gasteiger partial charge is 0.503 e. The molecule has 1 saturated carbocycles. The van der Waals surface area contributed by atoms with Gasteiger partial charge >= 0.3 is 12.2 Å². The highest BCUT2D eigenvalue weighted by Crippen LogP contribution is 2.23. The monoisotopic (exact) mass is 475 g/mol. The Bertz CT molecular complexity index is 1090. The predicted octanol–water partition coefficient (Wildman–Crippen LogP) is 5.12. The van der Waals surface area contributed by atoms with Crippen molar-refractivity contribution in [3.8, 4) is 5.75 Å². The molecule has 1 aromatic heterocycles. The highest BCUT2D eigenvalue weighted by molar-refractivity contribution is 6.03. The quantitative estimate of drug-likeness (QED) is 0.447. The SMILES string of the molecule is O=C(Nc1nc(Cc2cc(F)cc(F)c2)no1)c1ccc(OC2CCCCC2)cc1.O=C(O)O. The number of nitrogens with zero attached hydrogens (tertiary/aromatic N) is 2. The van der Waals surface area contributed by atoms with E-state index in [4.69, 9.17) is 24.3 Å². The molecule has 0 spiro atoms. The Morgan fingerprint density at radius 1 is 1.03 bits per heavy atom. The van der Waals surface area contributed by atoms with E-state index < -0.39 is 23.7 Å². The number of nitrogens with one attached hydrogen (secondary N) is 1. The Hall–Kier alpha value is -4.02. The molecule has 3 N–H and O–H groups in total. The summed E-state index contributed by atoms with van der Waals surface area (Å²) in [6, 6.07) is 9.94. The van der Waals surface area contributed by atoms with E-state index in [1.54, 1.807) is 24.3 Å². The van der Waals surface area contributed by atoms with Crippen LogP contribution in [-0.2, 0) is 6.42 Å². The summed E-state index contributed by atoms with van der Waals surface area (Å²) in [6.07, 6.45) is 4.23. The molecule has 1 heterocycles. The molecular formula is C23H23F2N3O6. The van der Waals surface area contributed by atoms with Gasteiger partial charge in [0, 0.05) is 18.1 Å². The smallest absolute Gasteiger partial charge is 0.490 e. The number of ether oxygens (including phenoxy) is 1. The molecule has 3 aromatic rings. The van der Waals surface area contributed by atoms with Gasteiger partial charge in [0.05, 0.1) is 6.10 Å². The number of anilines is 1. The molecule has 34 heavy (non-hydrogen) atoms. The number of hydrogen-bond acceptors (Lipinski definition) is 6. The van der Waals surface area contributed by atoms with Crippen LogP contribution in [0.5, 0.6) is 5.75 Å². The minimum absolute atomic E-state index is 0.0707. The van der Waals surface area contributed by atoms with E-state index in [-0.39, 0.29) is 24.4 Å². The van der Waals surface area contributed by atoms with Gasteiger partial charge in [0.1, 0.15) is 17.4 Å². The van der Waals surface area contributed by atoms with Gasteiger partial charge in [0.15, 0.2) is 5.82 Å². The zero-order valence-corrected chi connectivity index (χ0v) is 18.0. The van der Waals surface area contributed by atoms with Crippen LogP contribution >= 0.6 is 0 Å². The Balaban J connectivity index is 0.000000751. The Morgan fingerprint density at radius 3 is 2.26 bits per heavy atom. The lowest BCUT2D eigenvalue weighted by Crippen LogP contribution is -2.19. The summed E-state index contributed by atoms with van der Waals surface area (Å²) in [7, 11) is 0. The van der Waals surface area contributed by atoms with Crippen LogP contribution in [0.4, 0.5) is 19.6 Å². The molecule has 0 unspecified atom stereocenters. The van der Waals surface area contributed by atoms with Crippen molar-refractivity contribution in [3.63, 3.8) is 0 Å². The summed E-state index contributed by atoms with van der Waals surface area (Å²) in [5, 5.41) is 20.2. The van der Waals surface area contributed by atoms with E-state index in [2.05, 4.69) is 15.5 Å². The maximum Gasteiger partial charge on any atom is 0.503 e. The lowest BCUT2D eigenvalue weighted by Gasteiger charge is -2.23. The highest BCUT2D eigenvalue weighted by atomic mass is 19.1. The lowest BCUT2D eigenvalue weighted by molar-refractivity contribution is 0.102. The molecule has 1 aliphatic rings. The fraction of sp³-hybridized carbons (Fsp3) is 0.304. The van der Waals surface area contributed by atoms with Crippen molar-refractivity contribution in [2.24, 2.45) is 0 Å². The number of aromatic nitrogens is 2. The predicted molar refractivity (Wildman–Crippen MR) is 116 cm³/mol. The van der Waals surface area contributed by atoms with Crippen LogP contribution in [0.2, 0.25) is 0 Å². The number of halogens is 2. The molecule has 11 heteroatoms. The molecule has 0 bridgehead atoms. The van der Waals surface area contributed by atoms with E-state index in [9.17, 15) is 13.6 Å². The number of benzene rings is 2. The lowest BCUT2D eigenvalue weighted by atomic mass is 9.98. The molecule has 0 saturated heterocycles. The Morgan fingerprint density at radius 2 is 1.65 bits per heavy atom. The third kappa shape index (κ3) is 7.84. The summed E-state index contributed by atoms with van der Waals surface area (Å²) < 4.78 is 37.5. The molecule has 0 aliphatic heterocycles. The summed E-state index contributed by atoms with van der Waals surface area (Å²) >= 11 is 0. The molecule has 4 rings (SSSR count). The van der Waals surface area contributed by atoms with Gasteiger partial charge in [0.2, 0.25) is 0 Å². The molecule has 9 nitrogen and oxygen atoms in total. The van der Waals surface area contributed by atoms with Gasteiger partial charge < -0.3 is 19.5 Å². The first kappa shape index (κ1) is 24.6. The third-order valence-electron chi connectivity index (χ3n) is 4.94. The van der Waals surface area contributed by atoms with Crippen molar-refractivity contribution in [2.75, 3.05) is 5.32 Å². The van der Waals surface area contributed by atoms with Gasteiger partial charge in [-0.25, -0.2) is 13.6 Å². The van der Waals surface area contributed by atoms with Crippen LogP contribution in [0.15, 0.2) is 47.0 Å².